The molecule has 12 rings (SSSR count). The number of nitrogens with zero attached hydrogens (tertiary/aromatic N) is 4. The van der Waals surface area contributed by atoms with Crippen LogP contribution in [0.2, 0.25) is 0 Å². The molecule has 1 aliphatic heterocycles. The van der Waals surface area contributed by atoms with Gasteiger partial charge in [-0.3, -0.25) is 4.57 Å². The molecule has 0 saturated heterocycles. The highest BCUT2D eigenvalue weighted by Crippen LogP contribution is 2.54. The molecule has 5 heteroatoms. The summed E-state index contributed by atoms with van der Waals surface area (Å²) in [5.74, 6) is 2.38. The molecule has 0 N–H and O–H groups in total. The Balaban J connectivity index is 1.01. The average Bonchev–Trinajstić information content (AvgIpc) is 4.11. The van der Waals surface area contributed by atoms with E-state index in [4.69, 9.17) is 9.72 Å². The summed E-state index contributed by atoms with van der Waals surface area (Å²) in [6, 6.07) is 79.4. The van der Waals surface area contributed by atoms with Gasteiger partial charge >= 0.3 is 0 Å². The molecule has 5 nitrogen and oxygen atoms in total. The number of anilines is 4. The SMILES string of the molecule is CC(C)(C)c1cc(N2CN(c3cccc(Oc4ccc5c6cc(-c7ccccc7)ccc6n(-c6cc(C(C)(C)C)ccn6)c5c4)c3)c3cccc(-c4c(-c5ccccc5)cccc4-c4ccccc4)c32)cc(C(C)(C)C)c1. The first kappa shape index (κ1) is 49.2. The molecule has 0 radical (unpaired) electrons. The van der Waals surface area contributed by atoms with Gasteiger partial charge < -0.3 is 14.5 Å². The Morgan fingerprint density at radius 3 is 1.61 bits per heavy atom. The number of aromatic nitrogens is 2. The topological polar surface area (TPSA) is 33.5 Å². The molecular weight excluding hydrogens is 937 g/mol. The molecule has 0 aliphatic carbocycles. The summed E-state index contributed by atoms with van der Waals surface area (Å²) in [6.45, 7) is 21.3. The minimum atomic E-state index is -0.0702. The van der Waals surface area contributed by atoms with Gasteiger partial charge in [0.1, 0.15) is 24.0 Å². The molecule has 9 aromatic carbocycles. The Morgan fingerprint density at radius 1 is 0.390 bits per heavy atom. The van der Waals surface area contributed by atoms with Crippen LogP contribution in [0.25, 0.3) is 72.1 Å². The number of pyridine rings is 1. The van der Waals surface area contributed by atoms with E-state index in [-0.39, 0.29) is 16.2 Å². The standard InChI is InChI=1S/C72H66N4O/c1-70(2,3)52-38-39-73-67(44-52)76-64-37-34-51(48-22-13-10-14-23-48)40-63(64)61-36-35-58(46-66(61)76)77-57-29-19-28-55(45-57)74-47-75(56-42-53(71(4,5)6)41-54(43-56)72(7,8)9)69-62(32-21-33-65(69)74)68-59(49-24-15-11-16-25-49)30-20-31-60(68)50-26-17-12-18-27-50/h10-46H,47H2,1-9H3. The van der Waals surface area contributed by atoms with Gasteiger partial charge in [0.2, 0.25) is 0 Å². The fourth-order valence-corrected chi connectivity index (χ4v) is 11.1. The lowest BCUT2D eigenvalue weighted by molar-refractivity contribution is 0.483. The summed E-state index contributed by atoms with van der Waals surface area (Å²) >= 11 is 0. The van der Waals surface area contributed by atoms with E-state index in [1.807, 2.05) is 6.20 Å². The second-order valence-electron chi connectivity index (χ2n) is 23.8. The third-order valence-corrected chi connectivity index (χ3v) is 15.4. The monoisotopic (exact) mass is 1000 g/mol. The summed E-state index contributed by atoms with van der Waals surface area (Å²) in [4.78, 5) is 10.0. The zero-order valence-corrected chi connectivity index (χ0v) is 45.8. The highest BCUT2D eigenvalue weighted by atomic mass is 16.5. The van der Waals surface area contributed by atoms with Gasteiger partial charge in [0.05, 0.1) is 22.4 Å². The van der Waals surface area contributed by atoms with E-state index in [9.17, 15) is 0 Å². The van der Waals surface area contributed by atoms with Gasteiger partial charge in [-0.05, 0) is 139 Å². The third-order valence-electron chi connectivity index (χ3n) is 15.4. The number of benzene rings is 9. The predicted octanol–water partition coefficient (Wildman–Crippen LogP) is 19.8. The summed E-state index contributed by atoms with van der Waals surface area (Å²) < 4.78 is 9.29. The second kappa shape index (κ2) is 19.2. The minimum Gasteiger partial charge on any atom is -0.457 e. The van der Waals surface area contributed by atoms with Crippen molar-refractivity contribution in [3.05, 3.63) is 241 Å². The van der Waals surface area contributed by atoms with E-state index < -0.39 is 0 Å². The van der Waals surface area contributed by atoms with Crippen molar-refractivity contribution in [3.63, 3.8) is 0 Å². The van der Waals surface area contributed by atoms with Crippen molar-refractivity contribution in [1.29, 1.82) is 0 Å². The number of hydrogen-bond donors (Lipinski definition) is 0. The van der Waals surface area contributed by atoms with Crippen molar-refractivity contribution in [2.24, 2.45) is 0 Å². The zero-order valence-electron chi connectivity index (χ0n) is 45.8. The highest BCUT2D eigenvalue weighted by Gasteiger charge is 2.34. The largest absolute Gasteiger partial charge is 0.457 e. The zero-order chi connectivity index (χ0) is 53.2. The van der Waals surface area contributed by atoms with E-state index >= 15 is 0 Å². The van der Waals surface area contributed by atoms with Crippen LogP contribution in [0.5, 0.6) is 11.5 Å². The van der Waals surface area contributed by atoms with Gasteiger partial charge in [0.15, 0.2) is 0 Å². The first-order valence-electron chi connectivity index (χ1n) is 27.0. The van der Waals surface area contributed by atoms with Crippen molar-refractivity contribution in [2.45, 2.75) is 78.6 Å². The Kier molecular flexibility index (Phi) is 12.3. The van der Waals surface area contributed by atoms with Gasteiger partial charge in [-0.25, -0.2) is 4.98 Å². The van der Waals surface area contributed by atoms with E-state index in [1.54, 1.807) is 0 Å². The summed E-state index contributed by atoms with van der Waals surface area (Å²) in [5, 5.41) is 2.31. The van der Waals surface area contributed by atoms with Crippen LogP contribution in [0.15, 0.2) is 225 Å². The molecular formula is C72H66N4O. The first-order chi connectivity index (χ1) is 37.1. The molecule has 0 saturated carbocycles. The molecule has 3 heterocycles. The van der Waals surface area contributed by atoms with Gasteiger partial charge in [-0.15, -0.1) is 0 Å². The van der Waals surface area contributed by atoms with Gasteiger partial charge in [-0.1, -0.05) is 202 Å². The van der Waals surface area contributed by atoms with Gasteiger partial charge in [0, 0.05) is 46.0 Å². The van der Waals surface area contributed by atoms with E-state index in [2.05, 4.69) is 295 Å². The Morgan fingerprint density at radius 2 is 0.974 bits per heavy atom. The second-order valence-corrected chi connectivity index (χ2v) is 23.8. The lowest BCUT2D eigenvalue weighted by Crippen LogP contribution is -2.25. The summed E-state index contributed by atoms with van der Waals surface area (Å²) in [6.07, 6.45) is 1.94. The van der Waals surface area contributed by atoms with Crippen LogP contribution in [0.1, 0.15) is 79.0 Å². The van der Waals surface area contributed by atoms with Crippen LogP contribution in [0, 0.1) is 0 Å². The van der Waals surface area contributed by atoms with Gasteiger partial charge in [-0.2, -0.15) is 0 Å². The maximum absolute atomic E-state index is 7.00. The van der Waals surface area contributed by atoms with Crippen LogP contribution in [0.4, 0.5) is 22.7 Å². The summed E-state index contributed by atoms with van der Waals surface area (Å²) in [7, 11) is 0. The molecule has 0 atom stereocenters. The van der Waals surface area contributed by atoms with Crippen LogP contribution in [-0.4, -0.2) is 16.2 Å². The van der Waals surface area contributed by atoms with Crippen molar-refractivity contribution in [1.82, 2.24) is 9.55 Å². The molecule has 1 aliphatic rings. The predicted molar refractivity (Wildman–Crippen MR) is 325 cm³/mol. The fraction of sp³-hybridized carbons (Fsp3) is 0.181. The number of rotatable bonds is 9. The number of fused-ring (bicyclic) bond motifs is 4. The Hall–Kier alpha value is -8.67. The van der Waals surface area contributed by atoms with Crippen molar-refractivity contribution in [2.75, 3.05) is 16.5 Å². The van der Waals surface area contributed by atoms with E-state index in [1.165, 1.54) is 78.0 Å². The molecule has 0 unspecified atom stereocenters. The van der Waals surface area contributed by atoms with Crippen LogP contribution >= 0.6 is 0 Å². The van der Waals surface area contributed by atoms with Crippen molar-refractivity contribution < 1.29 is 4.74 Å². The molecule has 0 fully saturated rings. The molecule has 380 valence electrons. The lowest BCUT2D eigenvalue weighted by atomic mass is 9.80. The number of hydrogen-bond acceptors (Lipinski definition) is 4. The maximum atomic E-state index is 7.00. The normalized spacial score (nSPS) is 12.9. The molecule has 0 bridgehead atoms. The molecule has 77 heavy (non-hydrogen) atoms. The van der Waals surface area contributed by atoms with Crippen LogP contribution in [0.3, 0.4) is 0 Å². The summed E-state index contributed by atoms with van der Waals surface area (Å²) in [5.41, 5.74) is 19.8. The quantitative estimate of drug-likeness (QED) is 0.144. The van der Waals surface area contributed by atoms with E-state index in [0.29, 0.717) is 6.67 Å². The minimum absolute atomic E-state index is 0.0474. The Labute approximate surface area is 454 Å². The molecule has 0 amide bonds. The van der Waals surface area contributed by atoms with Gasteiger partial charge in [0.25, 0.3) is 0 Å². The van der Waals surface area contributed by atoms with E-state index in [0.717, 1.165) is 45.1 Å². The molecule has 2 aromatic heterocycles. The number of para-hydroxylation sites is 1. The lowest BCUT2D eigenvalue weighted by Gasteiger charge is -2.30. The van der Waals surface area contributed by atoms with Crippen LogP contribution in [-0.2, 0) is 16.2 Å². The maximum Gasteiger partial charge on any atom is 0.137 e. The molecule has 11 aromatic rings. The first-order valence-corrected chi connectivity index (χ1v) is 27.0. The molecule has 0 spiro atoms. The number of ether oxygens (including phenoxy) is 1. The van der Waals surface area contributed by atoms with Crippen molar-refractivity contribution in [3.8, 4) is 61.8 Å². The average molecular weight is 1000 g/mol. The smallest absolute Gasteiger partial charge is 0.137 e. The third kappa shape index (κ3) is 9.35. The highest BCUT2D eigenvalue weighted by molar-refractivity contribution is 6.11. The Bertz CT molecular complexity index is 3890. The van der Waals surface area contributed by atoms with Crippen LogP contribution < -0.4 is 14.5 Å². The fourth-order valence-electron chi connectivity index (χ4n) is 11.1. The van der Waals surface area contributed by atoms with Crippen molar-refractivity contribution >= 4 is 44.6 Å².